The average Bonchev–Trinajstić information content (AvgIpc) is 3.00. The van der Waals surface area contributed by atoms with E-state index >= 15 is 0 Å². The summed E-state index contributed by atoms with van der Waals surface area (Å²) in [6.07, 6.45) is 5.34. The third-order valence-corrected chi connectivity index (χ3v) is 3.46. The Morgan fingerprint density at radius 2 is 1.87 bits per heavy atom. The van der Waals surface area contributed by atoms with Crippen LogP contribution in [0.2, 0.25) is 0 Å². The van der Waals surface area contributed by atoms with Crippen LogP contribution in [0.3, 0.4) is 0 Å². The van der Waals surface area contributed by atoms with Crippen molar-refractivity contribution in [2.45, 2.75) is 65.0 Å². The van der Waals surface area contributed by atoms with Gasteiger partial charge in [0.2, 0.25) is 0 Å². The van der Waals surface area contributed by atoms with E-state index in [4.69, 9.17) is 0 Å². The van der Waals surface area contributed by atoms with E-state index < -0.39 is 0 Å². The zero-order chi connectivity index (χ0) is 11.3. The summed E-state index contributed by atoms with van der Waals surface area (Å²) in [7, 11) is 0. The van der Waals surface area contributed by atoms with Gasteiger partial charge in [0.1, 0.15) is 0 Å². The molecular weight excluding hydrogens is 184 g/mol. The fourth-order valence-electron chi connectivity index (χ4n) is 1.87. The van der Waals surface area contributed by atoms with Crippen LogP contribution in [0.4, 0.5) is 0 Å². The Morgan fingerprint density at radius 1 is 1.20 bits per heavy atom. The minimum atomic E-state index is 0.307. The Bertz CT molecular complexity index is 173. The zero-order valence-electron chi connectivity index (χ0n) is 11.0. The smallest absolute Gasteiger partial charge is 0.0123 e. The number of hydrogen-bond acceptors (Lipinski definition) is 2. The van der Waals surface area contributed by atoms with Crippen molar-refractivity contribution in [2.75, 3.05) is 19.6 Å². The van der Waals surface area contributed by atoms with Gasteiger partial charge in [0.15, 0.2) is 0 Å². The van der Waals surface area contributed by atoms with Crippen molar-refractivity contribution in [1.29, 1.82) is 0 Å². The molecule has 0 unspecified atom stereocenters. The van der Waals surface area contributed by atoms with Crippen molar-refractivity contribution >= 4 is 0 Å². The summed E-state index contributed by atoms with van der Waals surface area (Å²) in [5.41, 5.74) is 0.307. The van der Waals surface area contributed by atoms with Crippen LogP contribution >= 0.6 is 0 Å². The van der Waals surface area contributed by atoms with Crippen molar-refractivity contribution in [3.8, 4) is 0 Å². The third kappa shape index (κ3) is 4.98. The summed E-state index contributed by atoms with van der Waals surface area (Å²) in [5.74, 6) is 0. The Hall–Kier alpha value is -0.0800. The lowest BCUT2D eigenvalue weighted by Crippen LogP contribution is -2.43. The molecule has 0 aromatic carbocycles. The highest BCUT2D eigenvalue weighted by Crippen LogP contribution is 2.26. The second-order valence-electron chi connectivity index (χ2n) is 5.43. The largest absolute Gasteiger partial charge is 0.311 e. The summed E-state index contributed by atoms with van der Waals surface area (Å²) in [6, 6.07) is 0.913. The van der Waals surface area contributed by atoms with Crippen molar-refractivity contribution in [3.63, 3.8) is 0 Å². The molecule has 0 atom stereocenters. The molecule has 15 heavy (non-hydrogen) atoms. The number of rotatable bonds is 8. The molecule has 0 aliphatic heterocycles. The molecule has 1 N–H and O–H groups in total. The van der Waals surface area contributed by atoms with E-state index in [1.807, 2.05) is 0 Å². The molecule has 0 aromatic rings. The standard InChI is InChI=1S/C13H28N2/c1-5-10-15(12-7-8-12)11-9-14-13(3,4)6-2/h12,14H,5-11H2,1-4H3. The highest BCUT2D eigenvalue weighted by Gasteiger charge is 2.28. The van der Waals surface area contributed by atoms with Crippen molar-refractivity contribution in [3.05, 3.63) is 0 Å². The number of nitrogens with zero attached hydrogens (tertiary/aromatic N) is 1. The molecule has 1 saturated carbocycles. The Kier molecular flexibility index (Phi) is 5.07. The molecule has 90 valence electrons. The van der Waals surface area contributed by atoms with Crippen LogP contribution in [0.25, 0.3) is 0 Å². The average molecular weight is 212 g/mol. The van der Waals surface area contributed by atoms with Crippen LogP contribution < -0.4 is 5.32 Å². The molecule has 1 fully saturated rings. The van der Waals surface area contributed by atoms with E-state index in [0.29, 0.717) is 5.54 Å². The van der Waals surface area contributed by atoms with Gasteiger partial charge in [0.25, 0.3) is 0 Å². The lowest BCUT2D eigenvalue weighted by atomic mass is 10.0. The highest BCUT2D eigenvalue weighted by atomic mass is 15.2. The van der Waals surface area contributed by atoms with E-state index in [-0.39, 0.29) is 0 Å². The summed E-state index contributed by atoms with van der Waals surface area (Å²) in [6.45, 7) is 12.7. The molecule has 1 rings (SSSR count). The number of nitrogens with one attached hydrogen (secondary N) is 1. The summed E-state index contributed by atoms with van der Waals surface area (Å²) in [5, 5.41) is 3.64. The van der Waals surface area contributed by atoms with Crippen molar-refractivity contribution in [1.82, 2.24) is 10.2 Å². The van der Waals surface area contributed by atoms with E-state index in [9.17, 15) is 0 Å². The molecule has 2 heteroatoms. The predicted octanol–water partition coefficient (Wildman–Crippen LogP) is 2.64. The molecular formula is C13H28N2. The minimum absolute atomic E-state index is 0.307. The lowest BCUT2D eigenvalue weighted by Gasteiger charge is -2.27. The van der Waals surface area contributed by atoms with Gasteiger partial charge < -0.3 is 5.32 Å². The molecule has 0 aromatic heterocycles. The van der Waals surface area contributed by atoms with Gasteiger partial charge in [-0.3, -0.25) is 4.90 Å². The Balaban J connectivity index is 2.16. The zero-order valence-corrected chi connectivity index (χ0v) is 11.0. The van der Waals surface area contributed by atoms with Crippen LogP contribution in [-0.2, 0) is 0 Å². The van der Waals surface area contributed by atoms with E-state index in [0.717, 1.165) is 12.6 Å². The summed E-state index contributed by atoms with van der Waals surface area (Å²) < 4.78 is 0. The first-order valence-electron chi connectivity index (χ1n) is 6.58. The maximum Gasteiger partial charge on any atom is 0.0123 e. The summed E-state index contributed by atoms with van der Waals surface area (Å²) in [4.78, 5) is 2.65. The maximum atomic E-state index is 3.64. The quantitative estimate of drug-likeness (QED) is 0.665. The van der Waals surface area contributed by atoms with Crippen LogP contribution in [0.5, 0.6) is 0 Å². The second kappa shape index (κ2) is 5.86. The van der Waals surface area contributed by atoms with Gasteiger partial charge in [-0.25, -0.2) is 0 Å². The van der Waals surface area contributed by atoms with Gasteiger partial charge in [-0.05, 0) is 46.1 Å². The van der Waals surface area contributed by atoms with Crippen molar-refractivity contribution in [2.24, 2.45) is 0 Å². The first-order chi connectivity index (χ1) is 7.09. The predicted molar refractivity (Wildman–Crippen MR) is 67.3 cm³/mol. The normalized spacial score (nSPS) is 17.4. The molecule has 0 bridgehead atoms. The molecule has 1 aliphatic carbocycles. The molecule has 0 amide bonds. The topological polar surface area (TPSA) is 15.3 Å². The second-order valence-corrected chi connectivity index (χ2v) is 5.43. The summed E-state index contributed by atoms with van der Waals surface area (Å²) >= 11 is 0. The molecule has 1 aliphatic rings. The van der Waals surface area contributed by atoms with Crippen molar-refractivity contribution < 1.29 is 0 Å². The van der Waals surface area contributed by atoms with Crippen LogP contribution in [0.1, 0.15) is 53.4 Å². The highest BCUT2D eigenvalue weighted by molar-refractivity contribution is 4.85. The first-order valence-corrected chi connectivity index (χ1v) is 6.58. The molecule has 0 saturated heterocycles. The van der Waals surface area contributed by atoms with Gasteiger partial charge in [-0.1, -0.05) is 13.8 Å². The first kappa shape index (κ1) is 13.0. The van der Waals surface area contributed by atoms with E-state index in [1.165, 1.54) is 38.8 Å². The van der Waals surface area contributed by atoms with Crippen LogP contribution in [0, 0.1) is 0 Å². The van der Waals surface area contributed by atoms with Gasteiger partial charge >= 0.3 is 0 Å². The number of hydrogen-bond donors (Lipinski definition) is 1. The third-order valence-electron chi connectivity index (χ3n) is 3.46. The van der Waals surface area contributed by atoms with Gasteiger partial charge in [0.05, 0.1) is 0 Å². The minimum Gasteiger partial charge on any atom is -0.311 e. The van der Waals surface area contributed by atoms with E-state index in [2.05, 4.69) is 37.9 Å². The molecule has 2 nitrogen and oxygen atoms in total. The van der Waals surface area contributed by atoms with E-state index in [1.54, 1.807) is 0 Å². The van der Waals surface area contributed by atoms with Gasteiger partial charge in [-0.2, -0.15) is 0 Å². The SMILES string of the molecule is CCCN(CCNC(C)(C)CC)C1CC1. The fourth-order valence-corrected chi connectivity index (χ4v) is 1.87. The van der Waals surface area contributed by atoms with Gasteiger partial charge in [-0.15, -0.1) is 0 Å². The monoisotopic (exact) mass is 212 g/mol. The molecule has 0 heterocycles. The maximum absolute atomic E-state index is 3.64. The van der Waals surface area contributed by atoms with Crippen LogP contribution in [0.15, 0.2) is 0 Å². The Labute approximate surface area is 95.4 Å². The van der Waals surface area contributed by atoms with Gasteiger partial charge in [0, 0.05) is 24.7 Å². The fraction of sp³-hybridized carbons (Fsp3) is 1.00. The Morgan fingerprint density at radius 3 is 2.33 bits per heavy atom. The molecule has 0 spiro atoms. The molecule has 0 radical (unpaired) electrons. The lowest BCUT2D eigenvalue weighted by molar-refractivity contribution is 0.247. The van der Waals surface area contributed by atoms with Crippen LogP contribution in [-0.4, -0.2) is 36.1 Å².